The summed E-state index contributed by atoms with van der Waals surface area (Å²) in [5, 5.41) is 12.7. The zero-order valence-corrected chi connectivity index (χ0v) is 26.6. The first kappa shape index (κ1) is 31.7. The highest BCUT2D eigenvalue weighted by molar-refractivity contribution is 8.14. The van der Waals surface area contributed by atoms with Gasteiger partial charge in [0, 0.05) is 37.0 Å². The van der Waals surface area contributed by atoms with Gasteiger partial charge in [-0.25, -0.2) is 4.79 Å². The lowest BCUT2D eigenvalue weighted by Crippen LogP contribution is -2.58. The lowest BCUT2D eigenvalue weighted by atomic mass is 10.2. The average molecular weight is 662 g/mol. The molecule has 1 saturated heterocycles. The molecule has 47 heavy (non-hydrogen) atoms. The van der Waals surface area contributed by atoms with Crippen molar-refractivity contribution in [2.45, 2.75) is 18.4 Å². The molecular formula is C36H28N3O6PS. The maximum atomic E-state index is 14.7. The summed E-state index contributed by atoms with van der Waals surface area (Å²) in [5.74, 6) is -1.03. The van der Waals surface area contributed by atoms with Crippen LogP contribution in [0, 0.1) is 10.1 Å². The molecule has 234 valence electrons. The molecule has 1 fully saturated rings. The lowest BCUT2D eigenvalue weighted by Gasteiger charge is -2.44. The Bertz CT molecular complexity index is 1870. The molecule has 5 aromatic rings. The maximum Gasteiger partial charge on any atom is 0.356 e. The molecule has 0 N–H and O–H groups in total. The third-order valence-electron chi connectivity index (χ3n) is 7.72. The van der Waals surface area contributed by atoms with Gasteiger partial charge in [0.15, 0.2) is 0 Å². The smallest absolute Gasteiger partial charge is 0.356 e. The summed E-state index contributed by atoms with van der Waals surface area (Å²) in [6.45, 7) is -3.34. The van der Waals surface area contributed by atoms with E-state index in [1.54, 1.807) is 18.3 Å². The van der Waals surface area contributed by atoms with Crippen molar-refractivity contribution in [1.29, 1.82) is 0 Å². The third-order valence-corrected chi connectivity index (χ3v) is 13.1. The Morgan fingerprint density at radius 1 is 0.830 bits per heavy atom. The zero-order chi connectivity index (χ0) is 32.8. The number of carbonyl (C=O) groups is 3. The van der Waals surface area contributed by atoms with Gasteiger partial charge in [-0.1, -0.05) is 103 Å². The Hall–Kier alpha value is -5.31. The van der Waals surface area contributed by atoms with Crippen LogP contribution in [-0.2, 0) is 20.9 Å². The van der Waals surface area contributed by atoms with E-state index in [9.17, 15) is 24.5 Å². The van der Waals surface area contributed by atoms with Crippen molar-refractivity contribution >= 4 is 62.7 Å². The van der Waals surface area contributed by atoms with E-state index in [2.05, 4.69) is 4.98 Å². The van der Waals surface area contributed by atoms with Crippen LogP contribution in [0.4, 0.5) is 5.69 Å². The van der Waals surface area contributed by atoms with Crippen LogP contribution < -0.4 is 15.9 Å². The molecule has 1 aliphatic rings. The molecule has 0 radical (unpaired) electrons. The van der Waals surface area contributed by atoms with Crippen LogP contribution in [0.5, 0.6) is 0 Å². The first-order valence-corrected chi connectivity index (χ1v) is 17.3. The first-order chi connectivity index (χ1) is 22.9. The van der Waals surface area contributed by atoms with Crippen molar-refractivity contribution in [3.8, 4) is 0 Å². The van der Waals surface area contributed by atoms with E-state index in [-0.39, 0.29) is 35.2 Å². The van der Waals surface area contributed by atoms with Gasteiger partial charge in [0.1, 0.15) is 12.0 Å². The number of non-ortho nitro benzene ring substituents is 1. The van der Waals surface area contributed by atoms with Crippen molar-refractivity contribution in [1.82, 2.24) is 9.88 Å². The number of β-lactam (4-membered cyclic amide) rings is 1. The van der Waals surface area contributed by atoms with Gasteiger partial charge in [-0.15, -0.1) is 0 Å². The molecule has 0 bridgehead atoms. The van der Waals surface area contributed by atoms with Crippen molar-refractivity contribution in [2.24, 2.45) is 0 Å². The van der Waals surface area contributed by atoms with Gasteiger partial charge in [0.25, 0.3) is 5.69 Å². The van der Waals surface area contributed by atoms with Crippen molar-refractivity contribution in [3.05, 3.63) is 161 Å². The lowest BCUT2D eigenvalue weighted by molar-refractivity contribution is -0.384. The summed E-state index contributed by atoms with van der Waals surface area (Å²) in [5.41, 5.74) is 0.989. The van der Waals surface area contributed by atoms with Crippen LogP contribution in [0.15, 0.2) is 140 Å². The molecule has 1 aliphatic heterocycles. The molecule has 0 saturated carbocycles. The molecule has 0 spiro atoms. The number of hydrogen-bond acceptors (Lipinski definition) is 8. The van der Waals surface area contributed by atoms with E-state index in [0.717, 1.165) is 27.7 Å². The van der Waals surface area contributed by atoms with Crippen LogP contribution >= 0.6 is 18.6 Å². The summed E-state index contributed by atoms with van der Waals surface area (Å²) < 4.78 is 5.99. The molecule has 1 atom stereocenters. The van der Waals surface area contributed by atoms with Crippen molar-refractivity contribution in [3.63, 3.8) is 0 Å². The van der Waals surface area contributed by atoms with Gasteiger partial charge >= 0.3 is 5.97 Å². The molecule has 11 heteroatoms. The number of likely N-dealkylation sites (tertiary alicyclic amines) is 1. The largest absolute Gasteiger partial charge is 0.456 e. The number of rotatable bonds is 10. The highest BCUT2D eigenvalue weighted by Crippen LogP contribution is 2.49. The van der Waals surface area contributed by atoms with Gasteiger partial charge in [-0.05, 0) is 45.7 Å². The maximum absolute atomic E-state index is 14.7. The van der Waals surface area contributed by atoms with Crippen LogP contribution in [0.2, 0.25) is 0 Å². The molecular weight excluding hydrogens is 633 g/mol. The molecule has 1 amide bonds. The number of esters is 1. The highest BCUT2D eigenvalue weighted by atomic mass is 32.2. The molecule has 0 aliphatic carbocycles. The third kappa shape index (κ3) is 6.38. The fourth-order valence-corrected chi connectivity index (χ4v) is 11.0. The normalized spacial score (nSPS) is 14.2. The van der Waals surface area contributed by atoms with Gasteiger partial charge in [0.2, 0.25) is 11.0 Å². The number of thioether (sulfide) groups is 1. The van der Waals surface area contributed by atoms with E-state index in [4.69, 9.17) is 4.74 Å². The first-order valence-electron chi connectivity index (χ1n) is 14.7. The zero-order valence-electron chi connectivity index (χ0n) is 24.9. The number of hydrogen-bond donors (Lipinski definition) is 0. The number of nitrogens with zero attached hydrogens (tertiary/aromatic N) is 3. The molecule has 4 aromatic carbocycles. The minimum Gasteiger partial charge on any atom is -0.456 e. The number of benzene rings is 4. The standard InChI is InChI=1S/C36H28N3O6PS/c40-32-23-33(47-36(42)27-11-10-22-37-24-27)38(32)34(35(41)45-25-26-18-20-28(21-19-26)39(43)44)46(29-12-4-1-5-13-29,30-14-6-2-7-15-30)31-16-8-3-9-17-31/h1-22,24,33H,23,25H2/t33-/m1/s1. The molecule has 1 aromatic heterocycles. The predicted molar refractivity (Wildman–Crippen MR) is 184 cm³/mol. The second-order valence-electron chi connectivity index (χ2n) is 10.6. The molecule has 2 heterocycles. The van der Waals surface area contributed by atoms with E-state index in [0.29, 0.717) is 11.1 Å². The van der Waals surface area contributed by atoms with Crippen LogP contribution in [0.1, 0.15) is 22.3 Å². The van der Waals surface area contributed by atoms with E-state index in [1.807, 2.05) is 91.0 Å². The highest BCUT2D eigenvalue weighted by Gasteiger charge is 2.48. The Labute approximate surface area is 275 Å². The van der Waals surface area contributed by atoms with Crippen LogP contribution in [0.3, 0.4) is 0 Å². The number of amides is 1. The van der Waals surface area contributed by atoms with Crippen molar-refractivity contribution < 1.29 is 24.0 Å². The SMILES string of the molecule is O=C(OCc1ccc([N+](=O)[O-])cc1)C(N1C(=O)C[C@H]1SC(=O)c1cccnc1)=P(c1ccccc1)(c1ccccc1)c1ccccc1. The fourth-order valence-electron chi connectivity index (χ4n) is 5.50. The Morgan fingerprint density at radius 2 is 1.38 bits per heavy atom. The van der Waals surface area contributed by atoms with E-state index in [1.165, 1.54) is 35.4 Å². The number of carbonyl (C=O) groups excluding carboxylic acids is 3. The summed E-state index contributed by atoms with van der Waals surface area (Å²) >= 11 is 0.969. The Balaban J connectivity index is 1.57. The average Bonchev–Trinajstić information content (AvgIpc) is 3.12. The predicted octanol–water partition coefficient (Wildman–Crippen LogP) is 5.29. The number of ether oxygens (including phenoxy) is 1. The molecule has 9 nitrogen and oxygen atoms in total. The van der Waals surface area contributed by atoms with Crippen molar-refractivity contribution in [2.75, 3.05) is 0 Å². The summed E-state index contributed by atoms with van der Waals surface area (Å²) in [6, 6.07) is 37.8. The van der Waals surface area contributed by atoms with Gasteiger partial charge < -0.3 is 4.74 Å². The van der Waals surface area contributed by atoms with Crippen LogP contribution in [0.25, 0.3) is 0 Å². The molecule has 0 unspecified atom stereocenters. The molecule has 6 rings (SSSR count). The summed E-state index contributed by atoms with van der Waals surface area (Å²) in [4.78, 5) is 58.0. The second kappa shape index (κ2) is 14.0. The monoisotopic (exact) mass is 661 g/mol. The fraction of sp³-hybridized carbons (Fsp3) is 0.0833. The number of nitro groups is 1. The quantitative estimate of drug-likeness (QED) is 0.0652. The second-order valence-corrected chi connectivity index (χ2v) is 15.0. The minimum atomic E-state index is -3.15. The van der Waals surface area contributed by atoms with E-state index < -0.39 is 23.2 Å². The van der Waals surface area contributed by atoms with Gasteiger partial charge in [-0.3, -0.25) is 29.6 Å². The van der Waals surface area contributed by atoms with E-state index >= 15 is 0 Å². The number of pyridine rings is 1. The Morgan fingerprint density at radius 3 is 1.85 bits per heavy atom. The Kier molecular flexibility index (Phi) is 9.42. The minimum absolute atomic E-state index is 0.0498. The van der Waals surface area contributed by atoms with Gasteiger partial charge in [-0.2, -0.15) is 0 Å². The van der Waals surface area contributed by atoms with Crippen LogP contribution in [-0.4, -0.2) is 42.6 Å². The topological polar surface area (TPSA) is 120 Å². The summed E-state index contributed by atoms with van der Waals surface area (Å²) in [7, 11) is 0. The summed E-state index contributed by atoms with van der Waals surface area (Å²) in [6.07, 6.45) is 3.10. The number of aromatic nitrogens is 1. The van der Waals surface area contributed by atoms with Gasteiger partial charge in [0.05, 0.1) is 16.7 Å². The number of nitro benzene ring substituents is 1.